The van der Waals surface area contributed by atoms with Crippen LogP contribution in [0.15, 0.2) is 54.1 Å². The third-order valence-electron chi connectivity index (χ3n) is 5.79. The van der Waals surface area contributed by atoms with Crippen molar-refractivity contribution >= 4 is 5.57 Å². The molecule has 0 aromatic heterocycles. The van der Waals surface area contributed by atoms with Gasteiger partial charge in [-0.1, -0.05) is 36.8 Å². The van der Waals surface area contributed by atoms with E-state index in [9.17, 15) is 5.11 Å². The van der Waals surface area contributed by atoms with Crippen LogP contribution in [0.2, 0.25) is 0 Å². The summed E-state index contributed by atoms with van der Waals surface area (Å²) in [6.45, 7) is 4.01. The maximum absolute atomic E-state index is 9.74. The van der Waals surface area contributed by atoms with Gasteiger partial charge in [0, 0.05) is 5.92 Å². The smallest absolute Gasteiger partial charge is 0.508 e. The van der Waals surface area contributed by atoms with Crippen molar-refractivity contribution in [3.05, 3.63) is 129 Å². The van der Waals surface area contributed by atoms with Gasteiger partial charge in [0.15, 0.2) is 0 Å². The number of rotatable bonds is 10. The van der Waals surface area contributed by atoms with Crippen LogP contribution in [0.5, 0.6) is 11.5 Å². The van der Waals surface area contributed by atoms with Crippen molar-refractivity contribution in [1.82, 2.24) is 4.90 Å². The Morgan fingerprint density at radius 1 is 0.750 bits per heavy atom. The number of phenolic OH excluding ortho intramolecular Hbond substituents is 1. The normalized spacial score (nSPS) is 16.2. The predicted molar refractivity (Wildman–Crippen MR) is 146 cm³/mol. The van der Waals surface area contributed by atoms with E-state index >= 15 is 0 Å². The Bertz CT molecular complexity index is 872. The van der Waals surface area contributed by atoms with Crippen LogP contribution < -0.4 is 4.74 Å². The maximum atomic E-state index is 9.74. The molecule has 2 aromatic carbocycles. The van der Waals surface area contributed by atoms with Crippen LogP contribution in [0.4, 0.5) is 0 Å². The molecule has 2 aromatic rings. The second kappa shape index (κ2) is 16.9. The predicted octanol–water partition coefficient (Wildman–Crippen LogP) is 6.75. The molecule has 4 heteroatoms. The fraction of sp³-hybridized carbons (Fsp3) is 0.250. The van der Waals surface area contributed by atoms with E-state index in [0.717, 1.165) is 49.3 Å². The van der Waals surface area contributed by atoms with E-state index in [0.29, 0.717) is 0 Å². The minimum absolute atomic E-state index is 0. The molecule has 0 amide bonds. The van der Waals surface area contributed by atoms with E-state index in [1.54, 1.807) is 12.1 Å². The van der Waals surface area contributed by atoms with Crippen LogP contribution in [-0.4, -0.2) is 37.3 Å². The van der Waals surface area contributed by atoms with Crippen molar-refractivity contribution in [2.24, 2.45) is 0 Å². The van der Waals surface area contributed by atoms with Gasteiger partial charge in [0.05, 0.1) is 6.61 Å². The van der Waals surface area contributed by atoms with E-state index in [4.69, 9.17) is 4.74 Å². The first-order chi connectivity index (χ1) is 17.1. The molecule has 0 saturated heterocycles. The van der Waals surface area contributed by atoms with Crippen molar-refractivity contribution in [2.75, 3.05) is 27.2 Å². The molecule has 10 radical (unpaired) electrons. The second-order valence-electron chi connectivity index (χ2n) is 8.77. The van der Waals surface area contributed by atoms with E-state index < -0.39 is 0 Å². The van der Waals surface area contributed by atoms with Gasteiger partial charge >= 0.3 is 17.1 Å². The van der Waals surface area contributed by atoms with Gasteiger partial charge in [-0.3, -0.25) is 0 Å². The molecule has 3 nitrogen and oxygen atoms in total. The second-order valence-corrected chi connectivity index (χ2v) is 8.77. The summed E-state index contributed by atoms with van der Waals surface area (Å²) in [6.07, 6.45) is 21.6. The quantitative estimate of drug-likeness (QED) is 0.276. The van der Waals surface area contributed by atoms with Gasteiger partial charge in [-0.25, -0.2) is 0 Å². The number of unbranched alkanes of at least 4 members (excludes halogenated alkanes) is 1. The van der Waals surface area contributed by atoms with Crippen LogP contribution in [0.25, 0.3) is 5.57 Å². The van der Waals surface area contributed by atoms with Crippen LogP contribution in [-0.2, 0) is 17.1 Å². The molecule has 0 bridgehead atoms. The molecule has 0 aliphatic heterocycles. The molecule has 0 atom stereocenters. The summed E-state index contributed by atoms with van der Waals surface area (Å²) >= 11 is 0. The largest absolute Gasteiger partial charge is 2.00 e. The molecule has 0 heterocycles. The summed E-state index contributed by atoms with van der Waals surface area (Å²) in [5.41, 5.74) is 4.74. The first kappa shape index (κ1) is 30.5. The molecule has 2 saturated carbocycles. The van der Waals surface area contributed by atoms with Gasteiger partial charge in [0.1, 0.15) is 11.5 Å². The fourth-order valence-electron chi connectivity index (χ4n) is 4.00. The van der Waals surface area contributed by atoms with E-state index in [-0.39, 0.29) is 22.8 Å². The number of ether oxygens (including phenoxy) is 1. The minimum atomic E-state index is 0. The number of hydrogen-bond donors (Lipinski definition) is 1. The monoisotopic (exact) mass is 523 g/mol. The van der Waals surface area contributed by atoms with Gasteiger partial charge in [0.25, 0.3) is 0 Å². The SMILES string of the molecule is CC/C([C]1[CH][CH][CH][CH]1)=C(/c1ccc(O)cc1)c1ccc(OCCCCN(C)C)cc1.[CH]1[CH][CH][CH][CH]1.[Fe+2]. The third kappa shape index (κ3) is 9.96. The molecule has 4 rings (SSSR count). The van der Waals surface area contributed by atoms with E-state index in [2.05, 4.69) is 75.9 Å². The summed E-state index contributed by atoms with van der Waals surface area (Å²) in [6, 6.07) is 15.8. The van der Waals surface area contributed by atoms with Crippen LogP contribution in [0, 0.1) is 63.7 Å². The van der Waals surface area contributed by atoms with Gasteiger partial charge < -0.3 is 14.7 Å². The van der Waals surface area contributed by atoms with Crippen molar-refractivity contribution < 1.29 is 26.9 Å². The summed E-state index contributed by atoms with van der Waals surface area (Å²) in [7, 11) is 4.19. The molecule has 0 unspecified atom stereocenters. The zero-order valence-electron chi connectivity index (χ0n) is 21.5. The third-order valence-corrected chi connectivity index (χ3v) is 5.79. The molecule has 188 valence electrons. The van der Waals surface area contributed by atoms with Crippen molar-refractivity contribution in [3.8, 4) is 11.5 Å². The van der Waals surface area contributed by atoms with Crippen molar-refractivity contribution in [1.29, 1.82) is 0 Å². The van der Waals surface area contributed by atoms with Crippen molar-refractivity contribution in [2.45, 2.75) is 26.2 Å². The van der Waals surface area contributed by atoms with E-state index in [1.165, 1.54) is 17.1 Å². The Morgan fingerprint density at radius 3 is 1.78 bits per heavy atom. The summed E-state index contributed by atoms with van der Waals surface area (Å²) in [5, 5.41) is 9.74. The molecule has 2 fully saturated rings. The zero-order chi connectivity index (χ0) is 24.9. The molecular formula is C32H37FeNO2+2. The van der Waals surface area contributed by atoms with Gasteiger partial charge in [0.2, 0.25) is 0 Å². The molecule has 2 aliphatic carbocycles. The number of hydrogen-bond acceptors (Lipinski definition) is 3. The Hall–Kier alpha value is -1.74. The number of nitrogens with zero attached hydrogens (tertiary/aromatic N) is 1. The Labute approximate surface area is 230 Å². The number of aromatic hydroxyl groups is 1. The zero-order valence-corrected chi connectivity index (χ0v) is 22.6. The number of phenols is 1. The number of benzene rings is 2. The first-order valence-corrected chi connectivity index (χ1v) is 12.4. The molecule has 2 aliphatic rings. The standard InChI is InChI=1S/C27H32NO2.C5H5.Fe/c1-4-26(21-9-5-6-10-21)27(22-11-15-24(29)16-12-22)23-13-17-25(18-14-23)30-20-8-7-19-28(2)3;1-2-4-5-3-1;/h5-6,9-18,29H,4,7-8,19-20H2,1-3H3;1-5H;/q;;+2/b27-26+;;. The summed E-state index contributed by atoms with van der Waals surface area (Å²) in [4.78, 5) is 2.20. The van der Waals surface area contributed by atoms with Crippen LogP contribution in [0.3, 0.4) is 0 Å². The van der Waals surface area contributed by atoms with E-state index in [1.807, 2.05) is 44.2 Å². The molecular weight excluding hydrogens is 486 g/mol. The first-order valence-electron chi connectivity index (χ1n) is 12.4. The Balaban J connectivity index is 0.000000678. The average molecular weight is 523 g/mol. The molecule has 36 heavy (non-hydrogen) atoms. The molecule has 0 spiro atoms. The maximum Gasteiger partial charge on any atom is 2.00 e. The summed E-state index contributed by atoms with van der Waals surface area (Å²) in [5.74, 6) is 2.42. The average Bonchev–Trinajstić information content (AvgIpc) is 3.61. The van der Waals surface area contributed by atoms with Gasteiger partial charge in [-0.15, -0.1) is 0 Å². The summed E-state index contributed by atoms with van der Waals surface area (Å²) < 4.78 is 5.94. The topological polar surface area (TPSA) is 32.7 Å². The number of allylic oxidation sites excluding steroid dienone is 1. The molecule has 1 N–H and O–H groups in total. The fourth-order valence-corrected chi connectivity index (χ4v) is 4.00. The Kier molecular flexibility index (Phi) is 14.3. The van der Waals surface area contributed by atoms with Crippen molar-refractivity contribution in [3.63, 3.8) is 0 Å². The minimum Gasteiger partial charge on any atom is -0.508 e. The van der Waals surface area contributed by atoms with Gasteiger partial charge in [-0.05, 0) is 139 Å². The van der Waals surface area contributed by atoms with Gasteiger partial charge in [-0.2, -0.15) is 0 Å². The Morgan fingerprint density at radius 2 is 1.28 bits per heavy atom. The van der Waals surface area contributed by atoms with Crippen LogP contribution >= 0.6 is 0 Å². The van der Waals surface area contributed by atoms with Crippen LogP contribution in [0.1, 0.15) is 37.3 Å².